The molecule has 0 bridgehead atoms. The van der Waals surface area contributed by atoms with Crippen molar-refractivity contribution in [2.45, 2.75) is 12.7 Å². The molecule has 0 radical (unpaired) electrons. The van der Waals surface area contributed by atoms with E-state index < -0.39 is 0 Å². The Morgan fingerprint density at radius 2 is 1.82 bits per heavy atom. The van der Waals surface area contributed by atoms with Crippen LogP contribution in [0.2, 0.25) is 0 Å². The van der Waals surface area contributed by atoms with Crippen molar-refractivity contribution in [2.24, 2.45) is 15.4 Å². The maximum Gasteiger partial charge on any atom is 0.182 e. The molecule has 22 heavy (non-hydrogen) atoms. The molecular formula is C16H12BrN5. The number of halogens is 1. The van der Waals surface area contributed by atoms with Crippen molar-refractivity contribution in [3.63, 3.8) is 0 Å². The molecule has 2 aromatic carbocycles. The molecule has 6 heteroatoms. The average Bonchev–Trinajstić information content (AvgIpc) is 3.09. The highest BCUT2D eigenvalue weighted by molar-refractivity contribution is 9.10. The van der Waals surface area contributed by atoms with Gasteiger partial charge in [-0.1, -0.05) is 28.1 Å². The van der Waals surface area contributed by atoms with Gasteiger partial charge in [-0.15, -0.1) is 10.2 Å². The molecule has 0 aromatic heterocycles. The van der Waals surface area contributed by atoms with E-state index in [4.69, 9.17) is 5.26 Å². The third-order valence-corrected chi connectivity index (χ3v) is 3.86. The highest BCUT2D eigenvalue weighted by Crippen LogP contribution is 2.23. The standard InChI is InChI=1S/C16H12BrN5/c17-14-5-1-13(2-6-14)11-22(16-10-19-21-20-16)15-7-3-12(9-18)4-8-15/h1-8,10,16H,11H2. The van der Waals surface area contributed by atoms with Gasteiger partial charge in [0, 0.05) is 16.7 Å². The molecule has 0 N–H and O–H groups in total. The molecule has 0 saturated heterocycles. The number of hydrogen-bond donors (Lipinski definition) is 0. The van der Waals surface area contributed by atoms with Gasteiger partial charge in [0.1, 0.15) is 0 Å². The van der Waals surface area contributed by atoms with Crippen molar-refractivity contribution in [3.05, 3.63) is 64.1 Å². The van der Waals surface area contributed by atoms with E-state index in [-0.39, 0.29) is 6.17 Å². The van der Waals surface area contributed by atoms with E-state index in [0.717, 1.165) is 15.7 Å². The minimum absolute atomic E-state index is 0.225. The second-order valence-corrected chi connectivity index (χ2v) is 5.71. The van der Waals surface area contributed by atoms with E-state index in [9.17, 15) is 0 Å². The number of nitriles is 1. The van der Waals surface area contributed by atoms with Crippen LogP contribution in [0.4, 0.5) is 5.69 Å². The van der Waals surface area contributed by atoms with Crippen LogP contribution in [0.1, 0.15) is 11.1 Å². The number of hydrogen-bond acceptors (Lipinski definition) is 5. The summed E-state index contributed by atoms with van der Waals surface area (Å²) in [6, 6.07) is 17.7. The molecule has 108 valence electrons. The predicted octanol–water partition coefficient (Wildman–Crippen LogP) is 4.11. The van der Waals surface area contributed by atoms with E-state index in [2.05, 4.69) is 54.5 Å². The molecule has 3 rings (SSSR count). The van der Waals surface area contributed by atoms with Crippen molar-refractivity contribution in [1.29, 1.82) is 5.26 Å². The Hall–Kier alpha value is -2.52. The topological polar surface area (TPSA) is 64.1 Å². The summed E-state index contributed by atoms with van der Waals surface area (Å²) >= 11 is 3.44. The molecule has 1 aliphatic rings. The first-order valence-electron chi connectivity index (χ1n) is 6.71. The average molecular weight is 354 g/mol. The van der Waals surface area contributed by atoms with Crippen LogP contribution in [-0.4, -0.2) is 12.4 Å². The minimum Gasteiger partial charge on any atom is -0.339 e. The van der Waals surface area contributed by atoms with Gasteiger partial charge in [-0.25, -0.2) is 0 Å². The zero-order valence-electron chi connectivity index (χ0n) is 11.6. The van der Waals surface area contributed by atoms with Gasteiger partial charge in [0.2, 0.25) is 0 Å². The zero-order valence-corrected chi connectivity index (χ0v) is 13.2. The quantitative estimate of drug-likeness (QED) is 0.830. The van der Waals surface area contributed by atoms with Gasteiger partial charge in [-0.2, -0.15) is 5.26 Å². The van der Waals surface area contributed by atoms with Crippen LogP contribution in [0.5, 0.6) is 0 Å². The third kappa shape index (κ3) is 3.21. The van der Waals surface area contributed by atoms with Gasteiger partial charge < -0.3 is 4.90 Å². The fourth-order valence-corrected chi connectivity index (χ4v) is 2.46. The van der Waals surface area contributed by atoms with E-state index in [1.165, 1.54) is 0 Å². The lowest BCUT2D eigenvalue weighted by Crippen LogP contribution is -2.33. The van der Waals surface area contributed by atoms with Crippen LogP contribution in [0, 0.1) is 11.3 Å². The van der Waals surface area contributed by atoms with Crippen molar-refractivity contribution in [2.75, 3.05) is 4.90 Å². The summed E-state index contributed by atoms with van der Waals surface area (Å²) in [6.45, 7) is 0.675. The lowest BCUT2D eigenvalue weighted by atomic mass is 10.1. The SMILES string of the molecule is N#Cc1ccc(N(Cc2ccc(Br)cc2)C2C=NN=N2)cc1. The van der Waals surface area contributed by atoms with E-state index >= 15 is 0 Å². The first-order valence-corrected chi connectivity index (χ1v) is 7.50. The molecule has 0 saturated carbocycles. The fourth-order valence-electron chi connectivity index (χ4n) is 2.20. The smallest absolute Gasteiger partial charge is 0.182 e. The highest BCUT2D eigenvalue weighted by Gasteiger charge is 2.19. The highest BCUT2D eigenvalue weighted by atomic mass is 79.9. The molecular weight excluding hydrogens is 342 g/mol. The van der Waals surface area contributed by atoms with Crippen LogP contribution in [0.25, 0.3) is 0 Å². The summed E-state index contributed by atoms with van der Waals surface area (Å²) in [6.07, 6.45) is 1.48. The van der Waals surface area contributed by atoms with Crippen LogP contribution in [-0.2, 0) is 6.54 Å². The summed E-state index contributed by atoms with van der Waals surface area (Å²) in [5.74, 6) is 0. The molecule has 0 spiro atoms. The molecule has 0 amide bonds. The van der Waals surface area contributed by atoms with Gasteiger partial charge in [0.05, 0.1) is 17.8 Å². The van der Waals surface area contributed by atoms with Gasteiger partial charge >= 0.3 is 0 Å². The molecule has 1 unspecified atom stereocenters. The summed E-state index contributed by atoms with van der Waals surface area (Å²) in [5, 5.41) is 20.6. The Morgan fingerprint density at radius 3 is 2.41 bits per heavy atom. The molecule has 1 atom stereocenters. The monoisotopic (exact) mass is 353 g/mol. The minimum atomic E-state index is -0.225. The Balaban J connectivity index is 1.89. The summed E-state index contributed by atoms with van der Waals surface area (Å²) < 4.78 is 1.04. The molecule has 0 aliphatic carbocycles. The second-order valence-electron chi connectivity index (χ2n) is 4.80. The molecule has 5 nitrogen and oxygen atoms in total. The molecule has 1 heterocycles. The van der Waals surface area contributed by atoms with E-state index in [1.807, 2.05) is 24.3 Å². The van der Waals surface area contributed by atoms with Crippen LogP contribution in [0.15, 0.2) is 68.4 Å². The maximum absolute atomic E-state index is 8.92. The van der Waals surface area contributed by atoms with E-state index in [0.29, 0.717) is 12.1 Å². The van der Waals surface area contributed by atoms with Crippen LogP contribution in [0.3, 0.4) is 0 Å². The van der Waals surface area contributed by atoms with Gasteiger partial charge in [-0.05, 0) is 47.2 Å². The third-order valence-electron chi connectivity index (χ3n) is 3.34. The number of anilines is 1. The normalized spacial score (nSPS) is 15.7. The molecule has 0 fully saturated rings. The number of benzene rings is 2. The fraction of sp³-hybridized carbons (Fsp3) is 0.125. The van der Waals surface area contributed by atoms with Crippen molar-refractivity contribution in [3.8, 4) is 6.07 Å². The van der Waals surface area contributed by atoms with Crippen molar-refractivity contribution in [1.82, 2.24) is 0 Å². The number of nitrogens with zero attached hydrogens (tertiary/aromatic N) is 5. The first-order chi connectivity index (χ1) is 10.8. The predicted molar refractivity (Wildman–Crippen MR) is 88.6 cm³/mol. The second kappa shape index (κ2) is 6.50. The Morgan fingerprint density at radius 1 is 1.09 bits per heavy atom. The summed E-state index contributed by atoms with van der Waals surface area (Å²) in [7, 11) is 0. The Bertz CT molecular complexity index is 732. The Kier molecular flexibility index (Phi) is 4.26. The van der Waals surface area contributed by atoms with Gasteiger partial charge in [0.25, 0.3) is 0 Å². The molecule has 1 aliphatic heterocycles. The van der Waals surface area contributed by atoms with Crippen molar-refractivity contribution >= 4 is 27.8 Å². The largest absolute Gasteiger partial charge is 0.339 e. The first kappa shape index (κ1) is 14.4. The van der Waals surface area contributed by atoms with Gasteiger partial charge in [0.15, 0.2) is 6.17 Å². The van der Waals surface area contributed by atoms with Crippen LogP contribution < -0.4 is 4.90 Å². The van der Waals surface area contributed by atoms with Crippen LogP contribution >= 0.6 is 15.9 Å². The Labute approximate surface area is 136 Å². The zero-order chi connectivity index (χ0) is 15.4. The van der Waals surface area contributed by atoms with Gasteiger partial charge in [-0.3, -0.25) is 0 Å². The van der Waals surface area contributed by atoms with Crippen molar-refractivity contribution < 1.29 is 0 Å². The van der Waals surface area contributed by atoms with E-state index in [1.54, 1.807) is 18.3 Å². The summed E-state index contributed by atoms with van der Waals surface area (Å²) in [5.41, 5.74) is 2.76. The maximum atomic E-state index is 8.92. The summed E-state index contributed by atoms with van der Waals surface area (Å²) in [4.78, 5) is 2.09. The lowest BCUT2D eigenvalue weighted by Gasteiger charge is -2.26. The lowest BCUT2D eigenvalue weighted by molar-refractivity contribution is 0.729. The molecule has 2 aromatic rings. The number of rotatable bonds is 4.